The first-order valence-corrected chi connectivity index (χ1v) is 1.89. The van der Waals surface area contributed by atoms with Crippen molar-refractivity contribution >= 4 is 0 Å². The maximum Gasteiger partial charge on any atom is 0.0825 e. The van der Waals surface area contributed by atoms with Crippen molar-refractivity contribution in [1.82, 2.24) is 0 Å². The van der Waals surface area contributed by atoms with Gasteiger partial charge in [0.25, 0.3) is 0 Å². The lowest BCUT2D eigenvalue weighted by Gasteiger charge is -1.76. The van der Waals surface area contributed by atoms with Crippen molar-refractivity contribution in [3.05, 3.63) is 12.2 Å². The predicted molar refractivity (Wildman–Crippen MR) is 23.7 cm³/mol. The molecule has 2 nitrogen and oxygen atoms in total. The van der Waals surface area contributed by atoms with Crippen molar-refractivity contribution < 1.29 is 0 Å². The van der Waals surface area contributed by atoms with E-state index in [0.717, 1.165) is 18.7 Å². The summed E-state index contributed by atoms with van der Waals surface area (Å²) in [6.45, 7) is 5.17. The van der Waals surface area contributed by atoms with Gasteiger partial charge in [-0.25, -0.2) is 0 Å². The molecule has 1 aliphatic rings. The maximum absolute atomic E-state index is 3.69. The highest BCUT2D eigenvalue weighted by Gasteiger charge is 1.94. The van der Waals surface area contributed by atoms with Crippen LogP contribution in [0, 0.1) is 0 Å². The molecule has 0 saturated heterocycles. The molecule has 6 heavy (non-hydrogen) atoms. The number of hydrogen-bond acceptors (Lipinski definition) is 2. The zero-order chi connectivity index (χ0) is 4.41. The fourth-order valence-corrected chi connectivity index (χ4v) is 0.350. The van der Waals surface area contributed by atoms with Crippen LogP contribution in [0.3, 0.4) is 0 Å². The molecule has 2 heteroatoms. The Labute approximate surface area is 36.6 Å². The van der Waals surface area contributed by atoms with Crippen molar-refractivity contribution in [3.8, 4) is 0 Å². The van der Waals surface area contributed by atoms with Crippen LogP contribution in [0.25, 0.3) is 0 Å². The summed E-state index contributed by atoms with van der Waals surface area (Å²) in [6.07, 6.45) is 0. The van der Waals surface area contributed by atoms with Crippen LogP contribution >= 0.6 is 0 Å². The van der Waals surface area contributed by atoms with Crippen LogP contribution in [0.1, 0.15) is 0 Å². The Hall–Kier alpha value is -0.660. The Kier molecular flexibility index (Phi) is 0.708. The molecule has 0 atom stereocenters. The second-order valence-corrected chi connectivity index (χ2v) is 1.35. The average molecular weight is 82.1 g/mol. The molecule has 32 valence electrons. The molecule has 0 N–H and O–H groups in total. The summed E-state index contributed by atoms with van der Waals surface area (Å²) in [5, 5.41) is 7.38. The van der Waals surface area contributed by atoms with Crippen LogP contribution in [-0.4, -0.2) is 13.1 Å². The van der Waals surface area contributed by atoms with E-state index in [4.69, 9.17) is 0 Å². The topological polar surface area (TPSA) is 24.7 Å². The third-order valence-corrected chi connectivity index (χ3v) is 0.689. The number of hydrogen-bond donors (Lipinski definition) is 0. The smallest absolute Gasteiger partial charge is 0.0825 e. The molecule has 0 spiro atoms. The van der Waals surface area contributed by atoms with Crippen molar-refractivity contribution in [1.29, 1.82) is 0 Å². The van der Waals surface area contributed by atoms with Gasteiger partial charge in [0.05, 0.1) is 13.1 Å². The lowest BCUT2D eigenvalue weighted by molar-refractivity contribution is 1.11. The Morgan fingerprint density at radius 2 is 1.83 bits per heavy atom. The summed E-state index contributed by atoms with van der Waals surface area (Å²) in [7, 11) is 0. The Morgan fingerprint density at radius 3 is 2.00 bits per heavy atom. The second kappa shape index (κ2) is 1.20. The van der Waals surface area contributed by atoms with E-state index in [0.29, 0.717) is 0 Å². The molecule has 0 bridgehead atoms. The molecule has 0 saturated carbocycles. The van der Waals surface area contributed by atoms with E-state index < -0.39 is 0 Å². The zero-order valence-electron chi connectivity index (χ0n) is 3.52. The highest BCUT2D eigenvalue weighted by molar-refractivity contribution is 5.01. The summed E-state index contributed by atoms with van der Waals surface area (Å²) in [6, 6.07) is 0. The van der Waals surface area contributed by atoms with Gasteiger partial charge in [-0.1, -0.05) is 6.58 Å². The molecule has 0 aromatic heterocycles. The van der Waals surface area contributed by atoms with E-state index >= 15 is 0 Å². The third kappa shape index (κ3) is 0.455. The molecule has 0 aromatic rings. The van der Waals surface area contributed by atoms with Crippen LogP contribution in [0.4, 0.5) is 0 Å². The Morgan fingerprint density at radius 1 is 1.33 bits per heavy atom. The minimum absolute atomic E-state index is 0.750. The molecule has 0 amide bonds. The van der Waals surface area contributed by atoms with Gasteiger partial charge in [-0.15, -0.1) is 0 Å². The highest BCUT2D eigenvalue weighted by Crippen LogP contribution is 1.99. The molecule has 1 heterocycles. The second-order valence-electron chi connectivity index (χ2n) is 1.35. The normalized spacial score (nSPS) is 19.7. The number of nitrogens with zero attached hydrogens (tertiary/aromatic N) is 2. The molecular formula is C4H6N2. The van der Waals surface area contributed by atoms with Crippen molar-refractivity contribution in [2.24, 2.45) is 10.2 Å². The Bertz CT molecular complexity index is 83.7. The highest BCUT2D eigenvalue weighted by atomic mass is 15.1. The van der Waals surface area contributed by atoms with E-state index in [1.54, 1.807) is 0 Å². The van der Waals surface area contributed by atoms with Gasteiger partial charge in [0.15, 0.2) is 0 Å². The van der Waals surface area contributed by atoms with Crippen LogP contribution in [0.15, 0.2) is 22.4 Å². The van der Waals surface area contributed by atoms with Gasteiger partial charge >= 0.3 is 0 Å². The fourth-order valence-electron chi connectivity index (χ4n) is 0.350. The molecule has 0 fully saturated rings. The fraction of sp³-hybridized carbons (Fsp3) is 0.500. The lowest BCUT2D eigenvalue weighted by atomic mass is 10.3. The first kappa shape index (κ1) is 3.53. The maximum atomic E-state index is 3.69. The largest absolute Gasteiger partial charge is 0.189 e. The molecule has 1 rings (SSSR count). The van der Waals surface area contributed by atoms with Crippen LogP contribution < -0.4 is 0 Å². The van der Waals surface area contributed by atoms with E-state index in [-0.39, 0.29) is 0 Å². The van der Waals surface area contributed by atoms with Gasteiger partial charge in [-0.2, -0.15) is 10.2 Å². The summed E-state index contributed by atoms with van der Waals surface area (Å²) < 4.78 is 0. The average Bonchev–Trinajstić information content (AvgIpc) is 1.86. The van der Waals surface area contributed by atoms with Crippen LogP contribution in [0.5, 0.6) is 0 Å². The van der Waals surface area contributed by atoms with E-state index in [9.17, 15) is 0 Å². The minimum Gasteiger partial charge on any atom is -0.189 e. The molecule has 1 aliphatic heterocycles. The molecule has 0 unspecified atom stereocenters. The molecule has 0 aliphatic carbocycles. The Balaban J connectivity index is 2.52. The van der Waals surface area contributed by atoms with Crippen molar-refractivity contribution in [2.75, 3.05) is 13.1 Å². The third-order valence-electron chi connectivity index (χ3n) is 0.689. The van der Waals surface area contributed by atoms with Crippen LogP contribution in [-0.2, 0) is 0 Å². The first-order valence-electron chi connectivity index (χ1n) is 1.89. The van der Waals surface area contributed by atoms with Gasteiger partial charge in [-0.05, 0) is 5.57 Å². The number of azo groups is 1. The SMILES string of the molecule is C=C1CN=NC1. The van der Waals surface area contributed by atoms with Gasteiger partial charge in [0, 0.05) is 0 Å². The van der Waals surface area contributed by atoms with Crippen molar-refractivity contribution in [3.63, 3.8) is 0 Å². The molecule has 0 aromatic carbocycles. The summed E-state index contributed by atoms with van der Waals surface area (Å²) in [4.78, 5) is 0. The monoisotopic (exact) mass is 82.1 g/mol. The lowest BCUT2D eigenvalue weighted by Crippen LogP contribution is -1.77. The summed E-state index contributed by atoms with van der Waals surface area (Å²) in [5.41, 5.74) is 1.12. The standard InChI is InChI=1S/C4H6N2/c1-4-2-5-6-3-4/h1-3H2. The van der Waals surface area contributed by atoms with Crippen molar-refractivity contribution in [2.45, 2.75) is 0 Å². The first-order chi connectivity index (χ1) is 2.89. The predicted octanol–water partition coefficient (Wildman–Crippen LogP) is 1.01. The van der Waals surface area contributed by atoms with E-state index in [2.05, 4.69) is 16.8 Å². The van der Waals surface area contributed by atoms with E-state index in [1.165, 1.54) is 0 Å². The van der Waals surface area contributed by atoms with E-state index in [1.807, 2.05) is 0 Å². The quantitative estimate of drug-likeness (QED) is 0.389. The summed E-state index contributed by atoms with van der Waals surface area (Å²) >= 11 is 0. The molecular weight excluding hydrogens is 76.1 g/mol. The molecule has 0 radical (unpaired) electrons. The summed E-state index contributed by atoms with van der Waals surface area (Å²) in [5.74, 6) is 0. The zero-order valence-corrected chi connectivity index (χ0v) is 3.52. The van der Waals surface area contributed by atoms with Crippen LogP contribution in [0.2, 0.25) is 0 Å². The minimum atomic E-state index is 0.750. The van der Waals surface area contributed by atoms with Gasteiger partial charge in [0.2, 0.25) is 0 Å². The van der Waals surface area contributed by atoms with Gasteiger partial charge in [-0.3, -0.25) is 0 Å². The number of rotatable bonds is 0. The van der Waals surface area contributed by atoms with Gasteiger partial charge < -0.3 is 0 Å². The van der Waals surface area contributed by atoms with Gasteiger partial charge in [0.1, 0.15) is 0 Å².